The molecule has 1 atom stereocenters. The third kappa shape index (κ3) is 7.58. The van der Waals surface area contributed by atoms with Gasteiger partial charge in [0, 0.05) is 29.7 Å². The summed E-state index contributed by atoms with van der Waals surface area (Å²) < 4.78 is 0. The lowest BCUT2D eigenvalue weighted by atomic mass is 10.1. The number of hydrogen-bond acceptors (Lipinski definition) is 3. The highest BCUT2D eigenvalue weighted by Gasteiger charge is 2.28. The largest absolute Gasteiger partial charge is 0.352 e. The first-order valence-electron chi connectivity index (χ1n) is 10.2. The summed E-state index contributed by atoms with van der Waals surface area (Å²) in [5, 5.41) is 2.97. The average Bonchev–Trinajstić information content (AvgIpc) is 2.68. The van der Waals surface area contributed by atoms with Gasteiger partial charge in [-0.15, -0.1) is 11.8 Å². The van der Waals surface area contributed by atoms with Crippen molar-refractivity contribution in [3.63, 3.8) is 0 Å². The predicted octanol–water partition coefficient (Wildman–Crippen LogP) is 4.81. The number of aryl methyl sites for hydroxylation is 1. The van der Waals surface area contributed by atoms with E-state index in [1.54, 1.807) is 16.7 Å². The van der Waals surface area contributed by atoms with E-state index in [0.717, 1.165) is 16.0 Å². The molecule has 2 rings (SSSR count). The smallest absolute Gasteiger partial charge is 0.243 e. The summed E-state index contributed by atoms with van der Waals surface area (Å²) in [5.41, 5.74) is 2.19. The summed E-state index contributed by atoms with van der Waals surface area (Å²) in [7, 11) is 0. The molecule has 0 spiro atoms. The Morgan fingerprint density at radius 3 is 2.41 bits per heavy atom. The van der Waals surface area contributed by atoms with Crippen LogP contribution in [0.1, 0.15) is 44.7 Å². The summed E-state index contributed by atoms with van der Waals surface area (Å²) in [6.45, 7) is 8.32. The SMILES string of the molecule is CC[C@@H](C(=O)NC(C)C)N(Cc1cccc(C)c1)C(=O)CCSc1ccccc1. The second-order valence-corrected chi connectivity index (χ2v) is 8.68. The van der Waals surface area contributed by atoms with Crippen molar-refractivity contribution >= 4 is 23.6 Å². The van der Waals surface area contributed by atoms with Crippen LogP contribution in [0.3, 0.4) is 0 Å². The maximum atomic E-state index is 13.1. The van der Waals surface area contributed by atoms with Crippen LogP contribution in [0.2, 0.25) is 0 Å². The van der Waals surface area contributed by atoms with Crippen LogP contribution in [0.5, 0.6) is 0 Å². The zero-order chi connectivity index (χ0) is 21.2. The molecular formula is C24H32N2O2S. The average molecular weight is 413 g/mol. The topological polar surface area (TPSA) is 49.4 Å². The van der Waals surface area contributed by atoms with Gasteiger partial charge in [-0.25, -0.2) is 0 Å². The van der Waals surface area contributed by atoms with E-state index in [1.165, 1.54) is 0 Å². The molecule has 0 bridgehead atoms. The molecule has 0 fully saturated rings. The number of carbonyl (C=O) groups excluding carboxylic acids is 2. The summed E-state index contributed by atoms with van der Waals surface area (Å²) in [5.74, 6) is 0.620. The minimum atomic E-state index is -0.466. The van der Waals surface area contributed by atoms with E-state index in [-0.39, 0.29) is 17.9 Å². The van der Waals surface area contributed by atoms with Gasteiger partial charge in [0.1, 0.15) is 6.04 Å². The highest BCUT2D eigenvalue weighted by Crippen LogP contribution is 2.20. The van der Waals surface area contributed by atoms with E-state index < -0.39 is 6.04 Å². The highest BCUT2D eigenvalue weighted by atomic mass is 32.2. The second kappa shape index (κ2) is 11.7. The molecule has 0 aliphatic carbocycles. The molecule has 0 aromatic heterocycles. The van der Waals surface area contributed by atoms with Crippen molar-refractivity contribution in [1.82, 2.24) is 10.2 Å². The van der Waals surface area contributed by atoms with Crippen LogP contribution in [0, 0.1) is 6.92 Å². The molecule has 0 unspecified atom stereocenters. The Balaban J connectivity index is 2.13. The Morgan fingerprint density at radius 2 is 1.79 bits per heavy atom. The number of rotatable bonds is 10. The standard InChI is InChI=1S/C24H32N2O2S/c1-5-22(24(28)25-18(2)3)26(17-20-11-9-10-19(4)16-20)23(27)14-15-29-21-12-7-6-8-13-21/h6-13,16,18,22H,5,14-15,17H2,1-4H3,(H,25,28)/t22-/m0/s1. The molecule has 29 heavy (non-hydrogen) atoms. The Morgan fingerprint density at radius 1 is 1.07 bits per heavy atom. The molecule has 0 radical (unpaired) electrons. The first-order chi connectivity index (χ1) is 13.9. The number of thioether (sulfide) groups is 1. The van der Waals surface area contributed by atoms with Crippen LogP contribution in [0.25, 0.3) is 0 Å². The van der Waals surface area contributed by atoms with Crippen LogP contribution < -0.4 is 5.32 Å². The minimum absolute atomic E-state index is 0.0145. The van der Waals surface area contributed by atoms with E-state index >= 15 is 0 Å². The van der Waals surface area contributed by atoms with Crippen molar-refractivity contribution in [3.8, 4) is 0 Å². The number of hydrogen-bond donors (Lipinski definition) is 1. The number of benzene rings is 2. The van der Waals surface area contributed by atoms with Crippen LogP contribution in [0.15, 0.2) is 59.5 Å². The van der Waals surface area contributed by atoms with E-state index in [2.05, 4.69) is 11.4 Å². The maximum absolute atomic E-state index is 13.1. The lowest BCUT2D eigenvalue weighted by Gasteiger charge is -2.31. The van der Waals surface area contributed by atoms with Crippen molar-refractivity contribution < 1.29 is 9.59 Å². The van der Waals surface area contributed by atoms with E-state index in [1.807, 2.05) is 76.2 Å². The molecule has 2 aromatic carbocycles. The van der Waals surface area contributed by atoms with E-state index in [0.29, 0.717) is 25.1 Å². The first-order valence-corrected chi connectivity index (χ1v) is 11.2. The van der Waals surface area contributed by atoms with Gasteiger partial charge in [-0.3, -0.25) is 9.59 Å². The molecular weight excluding hydrogens is 380 g/mol. The second-order valence-electron chi connectivity index (χ2n) is 7.51. The van der Waals surface area contributed by atoms with Crippen molar-refractivity contribution in [1.29, 1.82) is 0 Å². The Bertz CT molecular complexity index is 792. The molecule has 1 N–H and O–H groups in total. The molecule has 2 amide bonds. The van der Waals surface area contributed by atoms with Gasteiger partial charge in [0.25, 0.3) is 0 Å². The normalized spacial score (nSPS) is 11.9. The van der Waals surface area contributed by atoms with Gasteiger partial charge in [-0.2, -0.15) is 0 Å². The third-order valence-electron chi connectivity index (χ3n) is 4.58. The van der Waals surface area contributed by atoms with Crippen molar-refractivity contribution in [3.05, 3.63) is 65.7 Å². The van der Waals surface area contributed by atoms with Crippen molar-refractivity contribution in [2.75, 3.05) is 5.75 Å². The molecule has 5 heteroatoms. The molecule has 0 heterocycles. The fraction of sp³-hybridized carbons (Fsp3) is 0.417. The highest BCUT2D eigenvalue weighted by molar-refractivity contribution is 7.99. The number of nitrogens with zero attached hydrogens (tertiary/aromatic N) is 1. The Kier molecular flexibility index (Phi) is 9.26. The van der Waals surface area contributed by atoms with Crippen molar-refractivity contribution in [2.45, 2.75) is 64.1 Å². The minimum Gasteiger partial charge on any atom is -0.352 e. The van der Waals surface area contributed by atoms with Gasteiger partial charge >= 0.3 is 0 Å². The Labute approximate surface area is 179 Å². The van der Waals surface area contributed by atoms with Gasteiger partial charge < -0.3 is 10.2 Å². The molecule has 2 aromatic rings. The summed E-state index contributed by atoms with van der Waals surface area (Å²) in [4.78, 5) is 28.8. The number of nitrogens with one attached hydrogen (secondary N) is 1. The zero-order valence-electron chi connectivity index (χ0n) is 17.9. The van der Waals surface area contributed by atoms with Gasteiger partial charge in [0.05, 0.1) is 0 Å². The quantitative estimate of drug-likeness (QED) is 0.570. The van der Waals surface area contributed by atoms with Crippen molar-refractivity contribution in [2.24, 2.45) is 0 Å². The van der Waals surface area contributed by atoms with E-state index in [4.69, 9.17) is 0 Å². The van der Waals surface area contributed by atoms with Gasteiger partial charge in [-0.1, -0.05) is 55.0 Å². The first kappa shape index (κ1) is 23.0. The maximum Gasteiger partial charge on any atom is 0.243 e. The number of carbonyl (C=O) groups is 2. The van der Waals surface area contributed by atoms with Crippen LogP contribution in [-0.4, -0.2) is 34.6 Å². The summed E-state index contributed by atoms with van der Waals surface area (Å²) in [6.07, 6.45) is 0.985. The lowest BCUT2D eigenvalue weighted by Crippen LogP contribution is -2.50. The molecule has 0 saturated heterocycles. The fourth-order valence-corrected chi connectivity index (χ4v) is 4.09. The molecule has 156 valence electrons. The third-order valence-corrected chi connectivity index (χ3v) is 5.59. The van der Waals surface area contributed by atoms with E-state index in [9.17, 15) is 9.59 Å². The summed E-state index contributed by atoms with van der Waals surface area (Å²) in [6, 6.07) is 17.8. The number of amides is 2. The van der Waals surface area contributed by atoms with Gasteiger partial charge in [-0.05, 0) is 44.9 Å². The van der Waals surface area contributed by atoms with Gasteiger partial charge in [0.15, 0.2) is 0 Å². The summed E-state index contributed by atoms with van der Waals surface area (Å²) >= 11 is 1.67. The monoisotopic (exact) mass is 412 g/mol. The lowest BCUT2D eigenvalue weighted by molar-refractivity contribution is -0.141. The zero-order valence-corrected chi connectivity index (χ0v) is 18.7. The predicted molar refractivity (Wildman–Crippen MR) is 121 cm³/mol. The van der Waals surface area contributed by atoms with Gasteiger partial charge in [0.2, 0.25) is 11.8 Å². The Hall–Kier alpha value is -2.27. The van der Waals surface area contributed by atoms with Crippen LogP contribution in [0.4, 0.5) is 0 Å². The molecule has 4 nitrogen and oxygen atoms in total. The molecule has 0 aliphatic rings. The van der Waals surface area contributed by atoms with Crippen LogP contribution >= 0.6 is 11.8 Å². The van der Waals surface area contributed by atoms with Crippen LogP contribution in [-0.2, 0) is 16.1 Å². The molecule has 0 aliphatic heterocycles. The fourth-order valence-electron chi connectivity index (χ4n) is 3.22. The molecule has 0 saturated carbocycles.